The first-order valence-corrected chi connectivity index (χ1v) is 18.1. The molecule has 0 rings (SSSR count). The van der Waals surface area contributed by atoms with Crippen molar-refractivity contribution in [3.05, 3.63) is 0 Å². The van der Waals surface area contributed by atoms with Gasteiger partial charge in [0.25, 0.3) is 0 Å². The highest BCUT2D eigenvalue weighted by Crippen LogP contribution is 2.15. The molecule has 0 aromatic heterocycles. The van der Waals surface area contributed by atoms with E-state index in [-0.39, 0.29) is 0 Å². The lowest BCUT2D eigenvalue weighted by molar-refractivity contribution is 0.254. The van der Waals surface area contributed by atoms with Crippen molar-refractivity contribution in [1.29, 1.82) is 0 Å². The van der Waals surface area contributed by atoms with Gasteiger partial charge in [-0.1, -0.05) is 194 Å². The lowest BCUT2D eigenvalue weighted by Crippen LogP contribution is -2.27. The van der Waals surface area contributed by atoms with Gasteiger partial charge in [0.05, 0.1) is 0 Å². The molecular weight excluding hydrogens is 446 g/mol. The average molecular weight is 522 g/mol. The first-order valence-electron chi connectivity index (χ1n) is 18.1. The van der Waals surface area contributed by atoms with Crippen molar-refractivity contribution in [2.24, 2.45) is 0 Å². The quantitative estimate of drug-likeness (QED) is 0.0776. The maximum absolute atomic E-state index is 2.84. The Kier molecular flexibility index (Phi) is 34.0. The van der Waals surface area contributed by atoms with Crippen molar-refractivity contribution >= 4 is 0 Å². The summed E-state index contributed by atoms with van der Waals surface area (Å²) in [5.41, 5.74) is 0. The van der Waals surface area contributed by atoms with Gasteiger partial charge in [0.15, 0.2) is 0 Å². The Morgan fingerprint density at radius 2 is 0.378 bits per heavy atom. The van der Waals surface area contributed by atoms with Crippen LogP contribution in [0.3, 0.4) is 0 Å². The molecule has 0 spiro atoms. The van der Waals surface area contributed by atoms with E-state index in [0.29, 0.717) is 0 Å². The van der Waals surface area contributed by atoms with Gasteiger partial charge in [0, 0.05) is 0 Å². The minimum absolute atomic E-state index is 1.36. The smallest absolute Gasteiger partial charge is 0.00187 e. The maximum Gasteiger partial charge on any atom is -0.00187 e. The van der Waals surface area contributed by atoms with E-state index in [2.05, 4.69) is 25.7 Å². The topological polar surface area (TPSA) is 3.24 Å². The van der Waals surface area contributed by atoms with Crippen LogP contribution in [0.15, 0.2) is 0 Å². The number of hydrogen-bond donors (Lipinski definition) is 0. The fraction of sp³-hybridized carbons (Fsp3) is 1.00. The van der Waals surface area contributed by atoms with Gasteiger partial charge in [-0.25, -0.2) is 0 Å². The summed E-state index contributed by atoms with van der Waals surface area (Å²) in [6.45, 7) is 11.0. The summed E-state index contributed by atoms with van der Waals surface area (Å²) < 4.78 is 0. The van der Waals surface area contributed by atoms with Crippen molar-refractivity contribution in [1.82, 2.24) is 4.90 Å². The molecule has 1 nitrogen and oxygen atoms in total. The molecular formula is C36H75N. The zero-order chi connectivity index (χ0) is 26.9. The van der Waals surface area contributed by atoms with Crippen LogP contribution in [0.1, 0.15) is 213 Å². The average Bonchev–Trinajstić information content (AvgIpc) is 2.91. The summed E-state index contributed by atoms with van der Waals surface area (Å²) in [5.74, 6) is 0. The van der Waals surface area contributed by atoms with Crippen molar-refractivity contribution in [2.75, 3.05) is 19.6 Å². The molecule has 0 fully saturated rings. The molecule has 0 aliphatic rings. The Morgan fingerprint density at radius 3 is 0.568 bits per heavy atom. The largest absolute Gasteiger partial charge is 0.303 e. The summed E-state index contributed by atoms with van der Waals surface area (Å²) in [7, 11) is 0. The zero-order valence-electron chi connectivity index (χ0n) is 26.8. The van der Waals surface area contributed by atoms with Gasteiger partial charge >= 0.3 is 0 Å². The highest BCUT2D eigenvalue weighted by atomic mass is 15.1. The third-order valence-electron chi connectivity index (χ3n) is 8.48. The Hall–Kier alpha value is -0.0400. The normalized spacial score (nSPS) is 11.7. The van der Waals surface area contributed by atoms with Crippen LogP contribution in [0.2, 0.25) is 0 Å². The molecule has 0 heterocycles. The highest BCUT2D eigenvalue weighted by Gasteiger charge is 2.05. The van der Waals surface area contributed by atoms with Crippen LogP contribution < -0.4 is 0 Å². The van der Waals surface area contributed by atoms with Crippen molar-refractivity contribution in [3.63, 3.8) is 0 Å². The summed E-state index contributed by atoms with van der Waals surface area (Å²) in [5, 5.41) is 0. The highest BCUT2D eigenvalue weighted by molar-refractivity contribution is 4.61. The molecule has 0 unspecified atom stereocenters. The molecule has 0 radical (unpaired) electrons. The number of hydrogen-bond acceptors (Lipinski definition) is 1. The molecule has 0 atom stereocenters. The van der Waals surface area contributed by atoms with E-state index in [1.165, 1.54) is 212 Å². The first kappa shape index (κ1) is 37.0. The summed E-state index contributed by atoms with van der Waals surface area (Å²) in [4.78, 5) is 2.84. The molecule has 1 heteroatoms. The van der Waals surface area contributed by atoms with Gasteiger partial charge in [0.2, 0.25) is 0 Å². The van der Waals surface area contributed by atoms with Crippen LogP contribution in [0.5, 0.6) is 0 Å². The van der Waals surface area contributed by atoms with E-state index in [0.717, 1.165) is 0 Å². The monoisotopic (exact) mass is 522 g/mol. The van der Waals surface area contributed by atoms with Crippen LogP contribution in [-0.2, 0) is 0 Å². The van der Waals surface area contributed by atoms with Gasteiger partial charge in [0.1, 0.15) is 0 Å². The van der Waals surface area contributed by atoms with Crippen LogP contribution in [0.4, 0.5) is 0 Å². The third-order valence-corrected chi connectivity index (χ3v) is 8.48. The minimum atomic E-state index is 1.36. The van der Waals surface area contributed by atoms with Gasteiger partial charge in [-0.15, -0.1) is 0 Å². The molecule has 0 bridgehead atoms. The molecule has 0 N–H and O–H groups in total. The molecule has 0 aromatic rings. The van der Waals surface area contributed by atoms with E-state index >= 15 is 0 Å². The van der Waals surface area contributed by atoms with Gasteiger partial charge in [-0.05, 0) is 38.9 Å². The molecule has 0 amide bonds. The van der Waals surface area contributed by atoms with Crippen LogP contribution in [0.25, 0.3) is 0 Å². The van der Waals surface area contributed by atoms with E-state index in [1.54, 1.807) is 0 Å². The molecule has 0 saturated carbocycles. The zero-order valence-corrected chi connectivity index (χ0v) is 26.8. The lowest BCUT2D eigenvalue weighted by atomic mass is 10.0. The standard InChI is InChI=1S/C36H75N/c1-4-7-10-13-16-19-20-21-22-23-24-27-30-33-36-37(34-31-28-25-17-14-11-8-5-2)35-32-29-26-18-15-12-9-6-3/h4-36H2,1-3H3. The first-order chi connectivity index (χ1) is 18.3. The Balaban J connectivity index is 3.78. The second-order valence-electron chi connectivity index (χ2n) is 12.4. The predicted octanol–water partition coefficient (Wildman–Crippen LogP) is 13.1. The summed E-state index contributed by atoms with van der Waals surface area (Å²) in [6.07, 6.45) is 43.6. The molecule has 224 valence electrons. The SMILES string of the molecule is CCCCCCCCCCCCCCCCN(CCCCCCCCCC)CCCCCCCCCC. The molecule has 0 aromatic carbocycles. The Labute approximate surface area is 237 Å². The second kappa shape index (κ2) is 34.0. The van der Waals surface area contributed by atoms with Crippen LogP contribution >= 0.6 is 0 Å². The van der Waals surface area contributed by atoms with Crippen LogP contribution in [-0.4, -0.2) is 24.5 Å². The second-order valence-corrected chi connectivity index (χ2v) is 12.4. The minimum Gasteiger partial charge on any atom is -0.303 e. The van der Waals surface area contributed by atoms with Gasteiger partial charge < -0.3 is 4.90 Å². The maximum atomic E-state index is 2.84. The molecule has 0 saturated heterocycles. The molecule has 0 aliphatic heterocycles. The van der Waals surface area contributed by atoms with Crippen molar-refractivity contribution < 1.29 is 0 Å². The fourth-order valence-corrected chi connectivity index (χ4v) is 5.80. The third kappa shape index (κ3) is 32.1. The summed E-state index contributed by atoms with van der Waals surface area (Å²) in [6, 6.07) is 0. The molecule has 0 aliphatic carbocycles. The number of nitrogens with zero attached hydrogens (tertiary/aromatic N) is 1. The van der Waals surface area contributed by atoms with E-state index in [9.17, 15) is 0 Å². The van der Waals surface area contributed by atoms with Gasteiger partial charge in [-0.3, -0.25) is 0 Å². The van der Waals surface area contributed by atoms with Crippen LogP contribution in [0, 0.1) is 0 Å². The molecule has 37 heavy (non-hydrogen) atoms. The predicted molar refractivity (Wildman–Crippen MR) is 172 cm³/mol. The Bertz CT molecular complexity index is 359. The van der Waals surface area contributed by atoms with Crippen molar-refractivity contribution in [2.45, 2.75) is 213 Å². The van der Waals surface area contributed by atoms with E-state index < -0.39 is 0 Å². The summed E-state index contributed by atoms with van der Waals surface area (Å²) >= 11 is 0. The van der Waals surface area contributed by atoms with Gasteiger partial charge in [-0.2, -0.15) is 0 Å². The van der Waals surface area contributed by atoms with Crippen molar-refractivity contribution in [3.8, 4) is 0 Å². The lowest BCUT2D eigenvalue weighted by Gasteiger charge is -2.22. The van der Waals surface area contributed by atoms with E-state index in [1.807, 2.05) is 0 Å². The number of unbranched alkanes of at least 4 members (excludes halogenated alkanes) is 27. The Morgan fingerprint density at radius 1 is 0.216 bits per heavy atom. The fourth-order valence-electron chi connectivity index (χ4n) is 5.80. The van der Waals surface area contributed by atoms with E-state index in [4.69, 9.17) is 0 Å². The number of rotatable bonds is 33.